The van der Waals surface area contributed by atoms with Crippen LogP contribution in [0.1, 0.15) is 56.3 Å². The largest absolute Gasteiger partial charge is 0.508 e. The van der Waals surface area contributed by atoms with Crippen molar-refractivity contribution in [2.45, 2.75) is 23.9 Å². The number of phenols is 2. The predicted octanol–water partition coefficient (Wildman–Crippen LogP) is 10.2. The molecule has 2 nitrogen and oxygen atoms in total. The zero-order valence-corrected chi connectivity index (χ0v) is 27.7. The van der Waals surface area contributed by atoms with Crippen molar-refractivity contribution < 1.29 is 19.0 Å². The van der Waals surface area contributed by atoms with Gasteiger partial charge in [0, 0.05) is 23.0 Å². The first-order valence-corrected chi connectivity index (χ1v) is 19.0. The fraction of sp³-hybridized carbons (Fsp3) is 0.0909. The van der Waals surface area contributed by atoms with Crippen LogP contribution in [-0.4, -0.2) is 18.3 Å². The molecule has 0 amide bonds. The second kappa shape index (κ2) is 12.5. The summed E-state index contributed by atoms with van der Waals surface area (Å²) in [6, 6.07) is 47.0. The van der Waals surface area contributed by atoms with E-state index in [0.29, 0.717) is 23.2 Å². The Bertz CT molecular complexity index is 2080. The van der Waals surface area contributed by atoms with Gasteiger partial charge in [0.15, 0.2) is 0 Å². The Morgan fingerprint density at radius 2 is 0.837 bits per heavy atom. The summed E-state index contributed by atoms with van der Waals surface area (Å²) in [5, 5.41) is 25.1. The molecule has 0 radical (unpaired) electrons. The third kappa shape index (κ3) is 5.50. The normalized spacial score (nSPS) is 16.5. The molecule has 2 aliphatic carbocycles. The van der Waals surface area contributed by atoms with Crippen LogP contribution in [-0.2, 0) is 12.1 Å². The molecule has 0 saturated heterocycles. The first-order chi connectivity index (χ1) is 23.9. The minimum Gasteiger partial charge on any atom is -0.508 e. The second-order valence-corrected chi connectivity index (χ2v) is 17.2. The van der Waals surface area contributed by atoms with Crippen molar-refractivity contribution in [2.24, 2.45) is 0 Å². The maximum absolute atomic E-state index is 15.1. The molecular weight excluding hydrogens is 627 g/mol. The predicted molar refractivity (Wildman–Crippen MR) is 195 cm³/mol. The summed E-state index contributed by atoms with van der Waals surface area (Å²) in [5.41, 5.74) is 7.45. The standard InChI is InChI=1S/C44H34F2O2Si/c45-33-19-21-39(47)37(25-33)43-35-17-9-7-15-31(35)23-41(43)49(27-29-11-3-1-4-12-29,28-30-13-5-2-6-14-30)42-24-32-16-8-10-18-36(32)44(42)38-26-34(46)20-22-40(38)48/h1-26,43-44,47-48H,27-28H2. The number of phenolic OH excluding ortho intramolecular Hbond substituents is 2. The van der Waals surface area contributed by atoms with Crippen LogP contribution < -0.4 is 0 Å². The Hall–Kier alpha value is -5.52. The molecule has 6 aromatic rings. The third-order valence-corrected chi connectivity index (χ3v) is 15.4. The van der Waals surface area contributed by atoms with Crippen LogP contribution in [0.4, 0.5) is 8.78 Å². The number of aromatic hydroxyl groups is 2. The van der Waals surface area contributed by atoms with E-state index in [2.05, 4.69) is 84.9 Å². The highest BCUT2D eigenvalue weighted by molar-refractivity contribution is 6.93. The topological polar surface area (TPSA) is 40.5 Å². The van der Waals surface area contributed by atoms with Crippen molar-refractivity contribution in [1.82, 2.24) is 0 Å². The maximum Gasteiger partial charge on any atom is 0.123 e. The maximum atomic E-state index is 15.1. The van der Waals surface area contributed by atoms with Crippen LogP contribution in [0.25, 0.3) is 12.2 Å². The number of hydrogen-bond donors (Lipinski definition) is 2. The van der Waals surface area contributed by atoms with Gasteiger partial charge >= 0.3 is 0 Å². The van der Waals surface area contributed by atoms with Gasteiger partial charge in [-0.15, -0.1) is 0 Å². The van der Waals surface area contributed by atoms with E-state index >= 15 is 8.78 Å². The molecule has 8 rings (SSSR count). The van der Waals surface area contributed by atoms with Gasteiger partial charge in [-0.05, 0) is 70.7 Å². The van der Waals surface area contributed by atoms with E-state index in [0.717, 1.165) is 43.8 Å². The van der Waals surface area contributed by atoms with Gasteiger partial charge in [0.25, 0.3) is 0 Å². The van der Waals surface area contributed by atoms with E-state index in [1.54, 1.807) is 0 Å². The second-order valence-electron chi connectivity index (χ2n) is 13.1. The van der Waals surface area contributed by atoms with Crippen molar-refractivity contribution >= 4 is 20.2 Å². The van der Waals surface area contributed by atoms with Gasteiger partial charge in [0.2, 0.25) is 0 Å². The van der Waals surface area contributed by atoms with Crippen molar-refractivity contribution in [1.29, 1.82) is 0 Å². The summed E-state index contributed by atoms with van der Waals surface area (Å²) in [5.74, 6) is -1.58. The SMILES string of the molecule is Oc1ccc(F)cc1C1C([Si](Cc2ccccc2)(Cc2ccccc2)C2=Cc3ccccc3C2c2cc(F)ccc2O)=Cc2ccccc21. The Morgan fingerprint density at radius 3 is 1.27 bits per heavy atom. The molecule has 5 heteroatoms. The van der Waals surface area contributed by atoms with Crippen LogP contribution in [0.15, 0.2) is 156 Å². The van der Waals surface area contributed by atoms with Crippen LogP contribution >= 0.6 is 0 Å². The fourth-order valence-corrected chi connectivity index (χ4v) is 13.9. The van der Waals surface area contributed by atoms with E-state index in [9.17, 15) is 10.2 Å². The number of allylic oxidation sites excluding steroid dienone is 2. The number of benzene rings is 6. The lowest BCUT2D eigenvalue weighted by atomic mass is 9.91. The highest BCUT2D eigenvalue weighted by Gasteiger charge is 2.51. The molecule has 0 fully saturated rings. The van der Waals surface area contributed by atoms with Crippen molar-refractivity contribution in [3.8, 4) is 11.5 Å². The van der Waals surface area contributed by atoms with Crippen LogP contribution in [0.2, 0.25) is 0 Å². The average molecular weight is 661 g/mol. The van der Waals surface area contributed by atoms with Gasteiger partial charge in [0.1, 0.15) is 31.2 Å². The van der Waals surface area contributed by atoms with Crippen molar-refractivity contribution in [3.63, 3.8) is 0 Å². The lowest BCUT2D eigenvalue weighted by Gasteiger charge is -2.41. The Labute approximate surface area is 286 Å². The highest BCUT2D eigenvalue weighted by Crippen LogP contribution is 2.56. The van der Waals surface area contributed by atoms with Crippen LogP contribution in [0, 0.1) is 11.6 Å². The monoisotopic (exact) mass is 660 g/mol. The third-order valence-electron chi connectivity index (χ3n) is 10.3. The van der Waals surface area contributed by atoms with Crippen LogP contribution in [0.5, 0.6) is 11.5 Å². The summed E-state index contributed by atoms with van der Waals surface area (Å²) in [7, 11) is -3.12. The van der Waals surface area contributed by atoms with E-state index in [1.807, 2.05) is 36.4 Å². The Balaban J connectivity index is 1.47. The lowest BCUT2D eigenvalue weighted by molar-refractivity contribution is 0.464. The number of halogens is 2. The van der Waals surface area contributed by atoms with E-state index in [-0.39, 0.29) is 11.5 Å². The highest BCUT2D eigenvalue weighted by atomic mass is 28.3. The molecule has 2 atom stereocenters. The molecule has 240 valence electrons. The van der Waals surface area contributed by atoms with Crippen LogP contribution in [0.3, 0.4) is 0 Å². The summed E-state index contributed by atoms with van der Waals surface area (Å²) in [6.45, 7) is 0. The van der Waals surface area contributed by atoms with E-state index < -0.39 is 31.5 Å². The first kappa shape index (κ1) is 30.8. The number of fused-ring (bicyclic) bond motifs is 2. The summed E-state index contributed by atoms with van der Waals surface area (Å²) < 4.78 is 30.3. The number of hydrogen-bond acceptors (Lipinski definition) is 2. The molecular formula is C44H34F2O2Si. The van der Waals surface area contributed by atoms with Gasteiger partial charge in [-0.25, -0.2) is 8.78 Å². The lowest BCUT2D eigenvalue weighted by Crippen LogP contribution is -2.48. The zero-order valence-electron chi connectivity index (χ0n) is 26.7. The Kier molecular flexibility index (Phi) is 7.85. The number of rotatable bonds is 8. The zero-order chi connectivity index (χ0) is 33.5. The molecule has 0 spiro atoms. The molecule has 0 saturated carbocycles. The molecule has 2 N–H and O–H groups in total. The molecule has 6 aromatic carbocycles. The van der Waals surface area contributed by atoms with Crippen molar-refractivity contribution in [2.75, 3.05) is 0 Å². The molecule has 2 unspecified atom stereocenters. The fourth-order valence-electron chi connectivity index (χ4n) is 8.19. The molecule has 0 aromatic heterocycles. The summed E-state index contributed by atoms with van der Waals surface area (Å²) in [6.07, 6.45) is 4.55. The smallest absolute Gasteiger partial charge is 0.123 e. The van der Waals surface area contributed by atoms with Gasteiger partial charge in [0.05, 0.1) is 0 Å². The molecule has 0 bridgehead atoms. The van der Waals surface area contributed by atoms with E-state index in [4.69, 9.17) is 0 Å². The summed E-state index contributed by atoms with van der Waals surface area (Å²) >= 11 is 0. The molecule has 0 heterocycles. The Morgan fingerprint density at radius 1 is 0.449 bits per heavy atom. The van der Waals surface area contributed by atoms with Crippen molar-refractivity contribution in [3.05, 3.63) is 212 Å². The van der Waals surface area contributed by atoms with Gasteiger partial charge in [-0.2, -0.15) is 0 Å². The first-order valence-electron chi connectivity index (χ1n) is 16.6. The van der Waals surface area contributed by atoms with Gasteiger partial charge in [-0.1, -0.05) is 143 Å². The quantitative estimate of drug-likeness (QED) is 0.160. The minimum atomic E-state index is -3.12. The van der Waals surface area contributed by atoms with Gasteiger partial charge in [-0.3, -0.25) is 0 Å². The molecule has 2 aliphatic rings. The average Bonchev–Trinajstić information content (AvgIpc) is 3.71. The van der Waals surface area contributed by atoms with E-state index in [1.165, 1.54) is 36.4 Å². The summed E-state index contributed by atoms with van der Waals surface area (Å²) in [4.78, 5) is 0. The van der Waals surface area contributed by atoms with Gasteiger partial charge < -0.3 is 10.2 Å². The molecule has 0 aliphatic heterocycles. The molecule has 49 heavy (non-hydrogen) atoms. The minimum absolute atomic E-state index is 0.0411.